The number of aromatic nitrogens is 5. The molecule has 0 bridgehead atoms. The Morgan fingerprint density at radius 1 is 1.19 bits per heavy atom. The third-order valence-electron chi connectivity index (χ3n) is 6.31. The van der Waals surface area contributed by atoms with Gasteiger partial charge in [-0.25, -0.2) is 4.98 Å². The second kappa shape index (κ2) is 10.8. The van der Waals surface area contributed by atoms with Crippen molar-refractivity contribution in [2.24, 2.45) is 0 Å². The van der Waals surface area contributed by atoms with E-state index in [0.29, 0.717) is 5.65 Å². The number of thiophene rings is 1. The highest BCUT2D eigenvalue weighted by atomic mass is 32.1. The Kier molecular flexibility index (Phi) is 7.14. The van der Waals surface area contributed by atoms with Gasteiger partial charge in [-0.3, -0.25) is 10.1 Å². The molecule has 37 heavy (non-hydrogen) atoms. The van der Waals surface area contributed by atoms with Gasteiger partial charge in [0.1, 0.15) is 0 Å². The van der Waals surface area contributed by atoms with Crippen molar-refractivity contribution in [3.63, 3.8) is 0 Å². The molecule has 186 valence electrons. The molecule has 0 aliphatic carbocycles. The number of hydrogen-bond donors (Lipinski definition) is 3. The van der Waals surface area contributed by atoms with Crippen molar-refractivity contribution in [2.75, 3.05) is 0 Å². The van der Waals surface area contributed by atoms with Gasteiger partial charge in [0.2, 0.25) is 0 Å². The fourth-order valence-electron chi connectivity index (χ4n) is 4.36. The lowest BCUT2D eigenvalue weighted by molar-refractivity contribution is 0.751. The Morgan fingerprint density at radius 2 is 2.08 bits per heavy atom. The number of rotatable bonds is 10. The first kappa shape index (κ1) is 24.5. The summed E-state index contributed by atoms with van der Waals surface area (Å²) in [5.74, 6) is 0. The maximum absolute atomic E-state index is 4.65. The second-order valence-corrected chi connectivity index (χ2v) is 9.80. The van der Waals surface area contributed by atoms with E-state index in [9.17, 15) is 0 Å². The quantitative estimate of drug-likeness (QED) is 0.168. The van der Waals surface area contributed by atoms with Crippen LogP contribution < -0.4 is 5.32 Å². The summed E-state index contributed by atoms with van der Waals surface area (Å²) in [5.41, 5.74) is 8.45. The lowest BCUT2D eigenvalue weighted by Crippen LogP contribution is -2.10. The molecular formula is C30H30N6S. The smallest absolute Gasteiger partial charge is 0.181 e. The lowest BCUT2D eigenvalue weighted by atomic mass is 10.0. The third-order valence-corrected chi connectivity index (χ3v) is 7.19. The van der Waals surface area contributed by atoms with Gasteiger partial charge in [0.05, 0.1) is 22.0 Å². The number of nitrogens with zero attached hydrogens (tertiary/aromatic N) is 3. The first-order chi connectivity index (χ1) is 18.1. The van der Waals surface area contributed by atoms with Crippen molar-refractivity contribution in [3.8, 4) is 22.0 Å². The zero-order valence-electron chi connectivity index (χ0n) is 21.1. The fourth-order valence-corrected chi connectivity index (χ4v) is 5.10. The SMILES string of the molecule is C=C/C(=C\C(=C/C)c1cnc2n[nH]c(-c3cc4c(-c5cccs5)nccc4[nH]3)c2c1)NC(=C)CCCC. The molecule has 0 saturated heterocycles. The lowest BCUT2D eigenvalue weighted by Gasteiger charge is -2.11. The minimum atomic E-state index is 0.670. The molecule has 5 rings (SSSR count). The van der Waals surface area contributed by atoms with Crippen molar-refractivity contribution in [2.45, 2.75) is 33.1 Å². The average Bonchev–Trinajstić information content (AvgIpc) is 3.68. The molecule has 0 saturated carbocycles. The van der Waals surface area contributed by atoms with E-state index in [1.54, 1.807) is 11.3 Å². The molecule has 5 heterocycles. The first-order valence-corrected chi connectivity index (χ1v) is 13.3. The normalized spacial score (nSPS) is 12.4. The van der Waals surface area contributed by atoms with E-state index in [2.05, 4.69) is 86.3 Å². The number of allylic oxidation sites excluding steroid dienone is 5. The highest BCUT2D eigenvalue weighted by Gasteiger charge is 2.15. The van der Waals surface area contributed by atoms with Crippen LogP contribution in [0.1, 0.15) is 38.7 Å². The molecule has 0 unspecified atom stereocenters. The van der Waals surface area contributed by atoms with Crippen LogP contribution in [0.2, 0.25) is 0 Å². The maximum Gasteiger partial charge on any atom is 0.181 e. The summed E-state index contributed by atoms with van der Waals surface area (Å²) >= 11 is 1.69. The Balaban J connectivity index is 1.51. The molecule has 0 aromatic carbocycles. The van der Waals surface area contributed by atoms with E-state index in [1.807, 2.05) is 37.5 Å². The summed E-state index contributed by atoms with van der Waals surface area (Å²) in [4.78, 5) is 14.0. The Bertz CT molecular complexity index is 1630. The van der Waals surface area contributed by atoms with Crippen LogP contribution in [0, 0.1) is 0 Å². The summed E-state index contributed by atoms with van der Waals surface area (Å²) in [6.07, 6.45) is 12.8. The number of fused-ring (bicyclic) bond motifs is 2. The van der Waals surface area contributed by atoms with Crippen LogP contribution in [0.5, 0.6) is 0 Å². The minimum Gasteiger partial charge on any atom is -0.359 e. The molecule has 7 heteroatoms. The Hall–Kier alpha value is -4.23. The summed E-state index contributed by atoms with van der Waals surface area (Å²) in [6, 6.07) is 10.4. The van der Waals surface area contributed by atoms with Gasteiger partial charge in [0.15, 0.2) is 5.65 Å². The van der Waals surface area contributed by atoms with Crippen LogP contribution in [-0.2, 0) is 0 Å². The summed E-state index contributed by atoms with van der Waals surface area (Å²) in [7, 11) is 0. The average molecular weight is 507 g/mol. The van der Waals surface area contributed by atoms with E-state index in [-0.39, 0.29) is 0 Å². The van der Waals surface area contributed by atoms with Crippen LogP contribution in [0.15, 0.2) is 90.9 Å². The van der Waals surface area contributed by atoms with Crippen molar-refractivity contribution in [1.82, 2.24) is 30.5 Å². The first-order valence-electron chi connectivity index (χ1n) is 12.4. The van der Waals surface area contributed by atoms with E-state index >= 15 is 0 Å². The van der Waals surface area contributed by atoms with E-state index in [0.717, 1.165) is 80.0 Å². The second-order valence-electron chi connectivity index (χ2n) is 8.85. The van der Waals surface area contributed by atoms with Gasteiger partial charge in [-0.05, 0) is 67.1 Å². The van der Waals surface area contributed by atoms with Crippen LogP contribution >= 0.6 is 11.3 Å². The zero-order valence-corrected chi connectivity index (χ0v) is 22.0. The molecule has 6 nitrogen and oxygen atoms in total. The van der Waals surface area contributed by atoms with Gasteiger partial charge >= 0.3 is 0 Å². The number of hydrogen-bond acceptors (Lipinski definition) is 5. The number of pyridine rings is 2. The summed E-state index contributed by atoms with van der Waals surface area (Å²) < 4.78 is 0. The van der Waals surface area contributed by atoms with Crippen molar-refractivity contribution in [1.29, 1.82) is 0 Å². The van der Waals surface area contributed by atoms with Gasteiger partial charge in [0.25, 0.3) is 0 Å². The molecule has 0 aliphatic rings. The van der Waals surface area contributed by atoms with E-state index in [4.69, 9.17) is 0 Å². The fraction of sp³-hybridized carbons (Fsp3) is 0.167. The Labute approximate surface area is 220 Å². The molecule has 3 N–H and O–H groups in total. The monoisotopic (exact) mass is 506 g/mol. The topological polar surface area (TPSA) is 82.3 Å². The van der Waals surface area contributed by atoms with Crippen molar-refractivity contribution < 1.29 is 0 Å². The maximum atomic E-state index is 4.65. The minimum absolute atomic E-state index is 0.670. The molecular weight excluding hydrogens is 476 g/mol. The van der Waals surface area contributed by atoms with Crippen LogP contribution in [-0.4, -0.2) is 25.1 Å². The largest absolute Gasteiger partial charge is 0.359 e. The van der Waals surface area contributed by atoms with Gasteiger partial charge in [0, 0.05) is 45.6 Å². The molecule has 5 aromatic heterocycles. The summed E-state index contributed by atoms with van der Waals surface area (Å²) in [6.45, 7) is 12.3. The number of nitrogens with one attached hydrogen (secondary N) is 3. The van der Waals surface area contributed by atoms with Crippen LogP contribution in [0.25, 0.3) is 49.5 Å². The molecule has 0 spiro atoms. The van der Waals surface area contributed by atoms with Crippen LogP contribution in [0.3, 0.4) is 0 Å². The van der Waals surface area contributed by atoms with E-state index in [1.165, 1.54) is 0 Å². The highest BCUT2D eigenvalue weighted by Crippen LogP contribution is 2.34. The highest BCUT2D eigenvalue weighted by molar-refractivity contribution is 7.13. The van der Waals surface area contributed by atoms with Crippen LogP contribution in [0.4, 0.5) is 0 Å². The van der Waals surface area contributed by atoms with Gasteiger partial charge in [-0.1, -0.05) is 38.6 Å². The van der Waals surface area contributed by atoms with Gasteiger partial charge in [-0.2, -0.15) is 5.10 Å². The Morgan fingerprint density at radius 3 is 2.84 bits per heavy atom. The molecule has 5 aromatic rings. The summed E-state index contributed by atoms with van der Waals surface area (Å²) in [5, 5.41) is 15.1. The predicted octanol–water partition coefficient (Wildman–Crippen LogP) is 8.00. The number of H-pyrrole nitrogens is 2. The third kappa shape index (κ3) is 5.04. The van der Waals surface area contributed by atoms with E-state index < -0.39 is 0 Å². The predicted molar refractivity (Wildman–Crippen MR) is 156 cm³/mol. The van der Waals surface area contributed by atoms with Gasteiger partial charge in [-0.15, -0.1) is 11.3 Å². The molecule has 0 aliphatic heterocycles. The molecule has 0 fully saturated rings. The van der Waals surface area contributed by atoms with Crippen molar-refractivity contribution in [3.05, 3.63) is 96.4 Å². The van der Waals surface area contributed by atoms with Gasteiger partial charge < -0.3 is 10.3 Å². The molecule has 0 radical (unpaired) electrons. The standard InChI is InChI=1S/C30H30N6S/c1-5-8-10-19(4)33-22(7-3)15-20(6-2)21-16-24-28(35-36-30(24)32-18-21)26-17-23-25(34-26)12-13-31-29(23)27-11-9-14-37-27/h6-7,9,11-18,33-34H,3-5,8,10H2,1-2H3,(H,32,35,36)/b20-6+,22-15+. The number of aromatic amines is 2. The molecule has 0 atom stereocenters. The number of unbranched alkanes of at least 4 members (excludes halogenated alkanes) is 1. The zero-order chi connectivity index (χ0) is 25.8. The van der Waals surface area contributed by atoms with Crippen molar-refractivity contribution >= 4 is 38.8 Å². The molecule has 0 amide bonds.